The summed E-state index contributed by atoms with van der Waals surface area (Å²) in [6, 6.07) is 1.04. The quantitative estimate of drug-likeness (QED) is 0.408. The number of carbonyl (C=O) groups excluding carboxylic acids is 3. The summed E-state index contributed by atoms with van der Waals surface area (Å²) in [5.74, 6) is -0.576. The van der Waals surface area contributed by atoms with E-state index in [9.17, 15) is 14.4 Å². The van der Waals surface area contributed by atoms with E-state index in [0.717, 1.165) is 36.0 Å². The Morgan fingerprint density at radius 1 is 1.36 bits per heavy atom. The molecule has 0 unspecified atom stereocenters. The Kier molecular flexibility index (Phi) is 4.80. The number of anilines is 1. The van der Waals surface area contributed by atoms with E-state index >= 15 is 0 Å². The van der Waals surface area contributed by atoms with Crippen LogP contribution in [0.3, 0.4) is 0 Å². The number of aromatic nitrogens is 2. The minimum Gasteiger partial charge on any atom is -0.384 e. The van der Waals surface area contributed by atoms with Gasteiger partial charge in [-0.2, -0.15) is 5.01 Å². The molecule has 1 aliphatic carbocycles. The van der Waals surface area contributed by atoms with Gasteiger partial charge >= 0.3 is 6.03 Å². The van der Waals surface area contributed by atoms with Crippen molar-refractivity contribution in [2.24, 2.45) is 0 Å². The Balaban J connectivity index is 1.59. The molecule has 25 heavy (non-hydrogen) atoms. The van der Waals surface area contributed by atoms with Gasteiger partial charge in [0.15, 0.2) is 5.16 Å². The van der Waals surface area contributed by atoms with E-state index in [1.54, 1.807) is 13.0 Å². The zero-order valence-electron chi connectivity index (χ0n) is 13.9. The number of nitrogens with zero attached hydrogens (tertiary/aromatic N) is 3. The van der Waals surface area contributed by atoms with Crippen LogP contribution in [0.5, 0.6) is 0 Å². The van der Waals surface area contributed by atoms with Gasteiger partial charge in [0.05, 0.1) is 5.75 Å². The third-order valence-corrected chi connectivity index (χ3v) is 5.14. The minimum absolute atomic E-state index is 0.0348. The summed E-state index contributed by atoms with van der Waals surface area (Å²) in [5.41, 5.74) is 7.86. The molecule has 3 rings (SSSR count). The van der Waals surface area contributed by atoms with Gasteiger partial charge in [-0.05, 0) is 19.8 Å². The first kappa shape index (κ1) is 17.5. The molecule has 4 amide bonds. The summed E-state index contributed by atoms with van der Waals surface area (Å²) in [6.07, 6.45) is 4.03. The summed E-state index contributed by atoms with van der Waals surface area (Å²) in [4.78, 5) is 45.0. The van der Waals surface area contributed by atoms with Crippen molar-refractivity contribution in [1.82, 2.24) is 25.7 Å². The van der Waals surface area contributed by atoms with Crippen molar-refractivity contribution in [2.75, 3.05) is 11.5 Å². The predicted octanol–water partition coefficient (Wildman–Crippen LogP) is 0.745. The molecule has 1 spiro atoms. The van der Waals surface area contributed by atoms with Gasteiger partial charge in [0.2, 0.25) is 5.91 Å². The number of imide groups is 1. The fourth-order valence-electron chi connectivity index (χ4n) is 3.13. The molecule has 1 aromatic rings. The molecular formula is C15H20N6O3S. The SMILES string of the molecule is Cc1cc(N)nc(SCC(=O)NN2C(=O)NC3(CCCCC3)C2=O)n1. The molecule has 9 nitrogen and oxygen atoms in total. The molecule has 4 N–H and O–H groups in total. The van der Waals surface area contributed by atoms with E-state index < -0.39 is 17.5 Å². The lowest BCUT2D eigenvalue weighted by atomic mass is 9.82. The van der Waals surface area contributed by atoms with E-state index in [-0.39, 0.29) is 11.7 Å². The lowest BCUT2D eigenvalue weighted by Crippen LogP contribution is -2.51. The predicted molar refractivity (Wildman–Crippen MR) is 91.2 cm³/mol. The lowest BCUT2D eigenvalue weighted by Gasteiger charge is -2.30. The second-order valence-electron chi connectivity index (χ2n) is 6.25. The normalized spacial score (nSPS) is 19.2. The molecule has 0 atom stereocenters. The average Bonchev–Trinajstić information content (AvgIpc) is 2.77. The van der Waals surface area contributed by atoms with Crippen LogP contribution in [0.2, 0.25) is 0 Å². The van der Waals surface area contributed by atoms with Gasteiger partial charge in [-0.25, -0.2) is 14.8 Å². The van der Waals surface area contributed by atoms with E-state index in [0.29, 0.717) is 29.5 Å². The van der Waals surface area contributed by atoms with Gasteiger partial charge in [-0.1, -0.05) is 31.0 Å². The third kappa shape index (κ3) is 3.68. The molecule has 10 heteroatoms. The number of nitrogen functional groups attached to an aromatic ring is 1. The standard InChI is InChI=1S/C15H20N6O3S/c1-9-7-10(16)18-13(17-9)25-8-11(22)20-21-12(23)15(19-14(21)24)5-3-2-4-6-15/h7H,2-6,8H2,1H3,(H,19,24)(H,20,22)(H2,16,17,18). The number of hydrogen-bond acceptors (Lipinski definition) is 7. The second-order valence-corrected chi connectivity index (χ2v) is 7.20. The number of carbonyl (C=O) groups is 3. The number of amides is 4. The number of urea groups is 1. The van der Waals surface area contributed by atoms with Crippen LogP contribution >= 0.6 is 11.8 Å². The highest BCUT2D eigenvalue weighted by Gasteiger charge is 2.52. The number of nitrogens with two attached hydrogens (primary N) is 1. The molecule has 0 bridgehead atoms. The summed E-state index contributed by atoms with van der Waals surface area (Å²) in [5, 5.41) is 3.90. The van der Waals surface area contributed by atoms with Crippen LogP contribution < -0.4 is 16.5 Å². The highest BCUT2D eigenvalue weighted by Crippen LogP contribution is 2.33. The van der Waals surface area contributed by atoms with E-state index in [4.69, 9.17) is 5.73 Å². The van der Waals surface area contributed by atoms with Gasteiger partial charge in [-0.15, -0.1) is 0 Å². The van der Waals surface area contributed by atoms with Crippen LogP contribution in [0.4, 0.5) is 10.6 Å². The zero-order valence-corrected chi connectivity index (χ0v) is 14.7. The number of rotatable bonds is 4. The Morgan fingerprint density at radius 3 is 2.76 bits per heavy atom. The summed E-state index contributed by atoms with van der Waals surface area (Å²) < 4.78 is 0. The first-order valence-corrected chi connectivity index (χ1v) is 9.08. The van der Waals surface area contributed by atoms with Gasteiger partial charge < -0.3 is 11.1 Å². The molecular weight excluding hydrogens is 344 g/mol. The molecule has 1 aromatic heterocycles. The van der Waals surface area contributed by atoms with E-state index in [1.165, 1.54) is 0 Å². The molecule has 134 valence electrons. The summed E-state index contributed by atoms with van der Waals surface area (Å²) in [7, 11) is 0. The summed E-state index contributed by atoms with van der Waals surface area (Å²) >= 11 is 1.09. The number of nitrogens with one attached hydrogen (secondary N) is 2. The lowest BCUT2D eigenvalue weighted by molar-refractivity contribution is -0.139. The monoisotopic (exact) mass is 364 g/mol. The number of hydrogen-bond donors (Lipinski definition) is 3. The van der Waals surface area contributed by atoms with Crippen LogP contribution in [0, 0.1) is 6.92 Å². The Bertz CT molecular complexity index is 699. The van der Waals surface area contributed by atoms with Crippen LogP contribution in [0.1, 0.15) is 37.8 Å². The molecule has 2 aliphatic rings. The maximum Gasteiger partial charge on any atom is 0.344 e. The number of hydrazine groups is 1. The molecule has 1 saturated heterocycles. The number of thioether (sulfide) groups is 1. The van der Waals surface area contributed by atoms with E-state index in [1.807, 2.05) is 0 Å². The highest BCUT2D eigenvalue weighted by molar-refractivity contribution is 7.99. The largest absolute Gasteiger partial charge is 0.384 e. The van der Waals surface area contributed by atoms with Crippen LogP contribution in [0.25, 0.3) is 0 Å². The smallest absolute Gasteiger partial charge is 0.344 e. The second kappa shape index (κ2) is 6.87. The summed E-state index contributed by atoms with van der Waals surface area (Å²) in [6.45, 7) is 1.78. The van der Waals surface area contributed by atoms with Crippen molar-refractivity contribution in [3.63, 3.8) is 0 Å². The van der Waals surface area contributed by atoms with Crippen molar-refractivity contribution in [3.8, 4) is 0 Å². The molecule has 1 saturated carbocycles. The molecule has 1 aliphatic heterocycles. The topological polar surface area (TPSA) is 130 Å². The van der Waals surface area contributed by atoms with Gasteiger partial charge in [0.1, 0.15) is 11.4 Å². The van der Waals surface area contributed by atoms with Crippen molar-refractivity contribution >= 4 is 35.4 Å². The Hall–Kier alpha value is -2.36. The number of aryl methyl sites for hydroxylation is 1. The van der Waals surface area contributed by atoms with Gasteiger partial charge in [0.25, 0.3) is 5.91 Å². The maximum absolute atomic E-state index is 12.6. The van der Waals surface area contributed by atoms with Gasteiger partial charge in [0, 0.05) is 11.8 Å². The fraction of sp³-hybridized carbons (Fsp3) is 0.533. The molecule has 0 aromatic carbocycles. The first-order valence-electron chi connectivity index (χ1n) is 8.10. The fourth-order valence-corrected chi connectivity index (χ4v) is 3.84. The van der Waals surface area contributed by atoms with Crippen molar-refractivity contribution in [1.29, 1.82) is 0 Å². The van der Waals surface area contributed by atoms with Crippen LogP contribution in [-0.4, -0.2) is 44.1 Å². The minimum atomic E-state index is -0.857. The third-order valence-electron chi connectivity index (χ3n) is 4.29. The van der Waals surface area contributed by atoms with Crippen molar-refractivity contribution in [2.45, 2.75) is 49.7 Å². The maximum atomic E-state index is 12.6. The van der Waals surface area contributed by atoms with Crippen molar-refractivity contribution < 1.29 is 14.4 Å². The molecule has 2 heterocycles. The highest BCUT2D eigenvalue weighted by atomic mass is 32.2. The van der Waals surface area contributed by atoms with E-state index in [2.05, 4.69) is 20.7 Å². The zero-order chi connectivity index (χ0) is 18.0. The average molecular weight is 364 g/mol. The van der Waals surface area contributed by atoms with Crippen LogP contribution in [-0.2, 0) is 9.59 Å². The molecule has 0 radical (unpaired) electrons. The Morgan fingerprint density at radius 2 is 2.08 bits per heavy atom. The first-order chi connectivity index (χ1) is 11.9. The Labute approximate surface area is 149 Å². The molecule has 2 fully saturated rings. The van der Waals surface area contributed by atoms with Crippen LogP contribution in [0.15, 0.2) is 11.2 Å². The van der Waals surface area contributed by atoms with Crippen molar-refractivity contribution in [3.05, 3.63) is 11.8 Å². The van der Waals surface area contributed by atoms with Gasteiger partial charge in [-0.3, -0.25) is 15.0 Å².